The molecule has 0 atom stereocenters. The van der Waals surface area contributed by atoms with E-state index in [1.54, 1.807) is 0 Å². The van der Waals surface area contributed by atoms with Crippen molar-refractivity contribution in [3.8, 4) is 0 Å². The first-order valence-corrected chi connectivity index (χ1v) is 6.86. The lowest BCUT2D eigenvalue weighted by molar-refractivity contribution is 0.611. The Morgan fingerprint density at radius 3 is 1.70 bits per heavy atom. The number of hydrogen-bond acceptors (Lipinski definition) is 1. The first-order valence-electron chi connectivity index (χ1n) is 6.86. The van der Waals surface area contributed by atoms with Gasteiger partial charge in [0, 0.05) is 5.92 Å². The second kappa shape index (κ2) is 7.15. The van der Waals surface area contributed by atoms with Gasteiger partial charge in [0.25, 0.3) is 0 Å². The van der Waals surface area contributed by atoms with E-state index in [0.29, 0.717) is 0 Å². The standard InChI is InChI=1S/C17H19F2N/c1-20-12-2-3-17(13-4-8-15(18)9-5-13)14-6-10-16(19)11-7-14/h4-11,17,20H,2-3,12H2,1H3. The van der Waals surface area contributed by atoms with Gasteiger partial charge in [0.1, 0.15) is 11.6 Å². The molecular formula is C17H19F2N. The molecule has 0 saturated carbocycles. The normalized spacial score (nSPS) is 11.0. The molecule has 0 aliphatic rings. The quantitative estimate of drug-likeness (QED) is 0.783. The number of halogens is 2. The van der Waals surface area contributed by atoms with E-state index in [1.165, 1.54) is 24.3 Å². The number of benzene rings is 2. The van der Waals surface area contributed by atoms with Crippen LogP contribution >= 0.6 is 0 Å². The Labute approximate surface area is 118 Å². The molecule has 2 rings (SSSR count). The minimum absolute atomic E-state index is 0.171. The first kappa shape index (κ1) is 14.7. The molecule has 2 aromatic rings. The predicted octanol–water partition coefficient (Wildman–Crippen LogP) is 4.10. The molecule has 0 unspecified atom stereocenters. The Hall–Kier alpha value is -1.74. The molecule has 0 heterocycles. The Kier molecular flexibility index (Phi) is 5.24. The Bertz CT molecular complexity index is 474. The topological polar surface area (TPSA) is 12.0 Å². The van der Waals surface area contributed by atoms with Crippen molar-refractivity contribution < 1.29 is 8.78 Å². The van der Waals surface area contributed by atoms with E-state index in [2.05, 4.69) is 5.32 Å². The maximum atomic E-state index is 13.1. The molecule has 0 aliphatic heterocycles. The molecule has 1 nitrogen and oxygen atoms in total. The largest absolute Gasteiger partial charge is 0.320 e. The van der Waals surface area contributed by atoms with Crippen LogP contribution in [0.4, 0.5) is 8.78 Å². The van der Waals surface area contributed by atoms with Gasteiger partial charge in [-0.15, -0.1) is 0 Å². The highest BCUT2D eigenvalue weighted by Gasteiger charge is 2.14. The van der Waals surface area contributed by atoms with Crippen LogP contribution in [0, 0.1) is 11.6 Å². The molecular weight excluding hydrogens is 256 g/mol. The number of hydrogen-bond donors (Lipinski definition) is 1. The van der Waals surface area contributed by atoms with Crippen LogP contribution in [-0.4, -0.2) is 13.6 Å². The summed E-state index contributed by atoms with van der Waals surface area (Å²) in [7, 11) is 1.92. The smallest absolute Gasteiger partial charge is 0.123 e. The second-order valence-corrected chi connectivity index (χ2v) is 4.90. The van der Waals surface area contributed by atoms with Crippen LogP contribution in [0.5, 0.6) is 0 Å². The summed E-state index contributed by atoms with van der Waals surface area (Å²) in [6.45, 7) is 0.929. The fourth-order valence-corrected chi connectivity index (χ4v) is 2.40. The lowest BCUT2D eigenvalue weighted by Gasteiger charge is -2.18. The average molecular weight is 275 g/mol. The van der Waals surface area contributed by atoms with Crippen LogP contribution in [0.25, 0.3) is 0 Å². The van der Waals surface area contributed by atoms with Gasteiger partial charge < -0.3 is 5.32 Å². The molecule has 0 aromatic heterocycles. The van der Waals surface area contributed by atoms with Crippen molar-refractivity contribution in [3.05, 3.63) is 71.3 Å². The predicted molar refractivity (Wildman–Crippen MR) is 77.8 cm³/mol. The van der Waals surface area contributed by atoms with Crippen LogP contribution in [0.1, 0.15) is 29.9 Å². The van der Waals surface area contributed by atoms with Crippen LogP contribution in [0.3, 0.4) is 0 Å². The molecule has 2 aromatic carbocycles. The summed E-state index contributed by atoms with van der Waals surface area (Å²) in [6.07, 6.45) is 1.95. The number of rotatable bonds is 6. The minimum Gasteiger partial charge on any atom is -0.320 e. The summed E-state index contributed by atoms with van der Waals surface area (Å²) < 4.78 is 26.1. The molecule has 0 spiro atoms. The van der Waals surface area contributed by atoms with Crippen molar-refractivity contribution in [3.63, 3.8) is 0 Å². The van der Waals surface area contributed by atoms with Gasteiger partial charge in [-0.25, -0.2) is 8.78 Å². The molecule has 1 N–H and O–H groups in total. The third kappa shape index (κ3) is 3.87. The SMILES string of the molecule is CNCCCC(c1ccc(F)cc1)c1ccc(F)cc1. The second-order valence-electron chi connectivity index (χ2n) is 4.90. The van der Waals surface area contributed by atoms with Crippen LogP contribution < -0.4 is 5.32 Å². The molecule has 0 fully saturated rings. The lowest BCUT2D eigenvalue weighted by atomic mass is 9.87. The third-order valence-corrected chi connectivity index (χ3v) is 3.46. The van der Waals surface area contributed by atoms with Gasteiger partial charge >= 0.3 is 0 Å². The molecule has 0 aliphatic carbocycles. The monoisotopic (exact) mass is 275 g/mol. The van der Waals surface area contributed by atoms with Crippen molar-refractivity contribution in [2.24, 2.45) is 0 Å². The van der Waals surface area contributed by atoms with Crippen molar-refractivity contribution in [1.82, 2.24) is 5.32 Å². The van der Waals surface area contributed by atoms with Gasteiger partial charge in [-0.1, -0.05) is 24.3 Å². The van der Waals surface area contributed by atoms with Crippen LogP contribution in [0.2, 0.25) is 0 Å². The van der Waals surface area contributed by atoms with Crippen molar-refractivity contribution in [2.75, 3.05) is 13.6 Å². The molecule has 0 radical (unpaired) electrons. The zero-order valence-electron chi connectivity index (χ0n) is 11.6. The highest BCUT2D eigenvalue weighted by Crippen LogP contribution is 2.29. The first-order chi connectivity index (χ1) is 9.70. The average Bonchev–Trinajstić information content (AvgIpc) is 2.46. The van der Waals surface area contributed by atoms with Crippen LogP contribution in [0.15, 0.2) is 48.5 Å². The summed E-state index contributed by atoms with van der Waals surface area (Å²) in [5.74, 6) is -0.298. The van der Waals surface area contributed by atoms with E-state index >= 15 is 0 Å². The van der Waals surface area contributed by atoms with E-state index in [0.717, 1.165) is 30.5 Å². The summed E-state index contributed by atoms with van der Waals surface area (Å²) in [5, 5.41) is 3.12. The van der Waals surface area contributed by atoms with Gasteiger partial charge in [-0.05, 0) is 61.8 Å². The van der Waals surface area contributed by atoms with Crippen molar-refractivity contribution >= 4 is 0 Å². The molecule has 0 saturated heterocycles. The summed E-state index contributed by atoms with van der Waals surface area (Å²) >= 11 is 0. The molecule has 106 valence electrons. The highest BCUT2D eigenvalue weighted by atomic mass is 19.1. The lowest BCUT2D eigenvalue weighted by Crippen LogP contribution is -2.10. The number of nitrogens with one attached hydrogen (secondary N) is 1. The van der Waals surface area contributed by atoms with Crippen molar-refractivity contribution in [2.45, 2.75) is 18.8 Å². The van der Waals surface area contributed by atoms with Gasteiger partial charge in [-0.2, -0.15) is 0 Å². The zero-order valence-corrected chi connectivity index (χ0v) is 11.6. The summed E-state index contributed by atoms with van der Waals surface area (Å²) in [5.41, 5.74) is 2.13. The van der Waals surface area contributed by atoms with E-state index in [-0.39, 0.29) is 17.6 Å². The highest BCUT2D eigenvalue weighted by molar-refractivity contribution is 5.32. The zero-order chi connectivity index (χ0) is 14.4. The van der Waals surface area contributed by atoms with E-state index < -0.39 is 0 Å². The Balaban J connectivity index is 2.23. The summed E-state index contributed by atoms with van der Waals surface area (Å²) in [4.78, 5) is 0. The Morgan fingerprint density at radius 2 is 1.30 bits per heavy atom. The fraction of sp³-hybridized carbons (Fsp3) is 0.294. The molecule has 20 heavy (non-hydrogen) atoms. The maximum absolute atomic E-state index is 13.1. The van der Waals surface area contributed by atoms with E-state index in [4.69, 9.17) is 0 Å². The van der Waals surface area contributed by atoms with Crippen molar-refractivity contribution in [1.29, 1.82) is 0 Å². The minimum atomic E-state index is -0.234. The Morgan fingerprint density at radius 1 is 0.850 bits per heavy atom. The van der Waals surface area contributed by atoms with E-state index in [1.807, 2.05) is 31.3 Å². The summed E-state index contributed by atoms with van der Waals surface area (Å²) in [6, 6.07) is 13.1. The fourth-order valence-electron chi connectivity index (χ4n) is 2.40. The van der Waals surface area contributed by atoms with Crippen LogP contribution in [-0.2, 0) is 0 Å². The maximum Gasteiger partial charge on any atom is 0.123 e. The van der Waals surface area contributed by atoms with Gasteiger partial charge in [0.05, 0.1) is 0 Å². The molecule has 3 heteroatoms. The molecule has 0 amide bonds. The third-order valence-electron chi connectivity index (χ3n) is 3.46. The van der Waals surface area contributed by atoms with E-state index in [9.17, 15) is 8.78 Å². The van der Waals surface area contributed by atoms with Gasteiger partial charge in [0.15, 0.2) is 0 Å². The van der Waals surface area contributed by atoms with Gasteiger partial charge in [-0.3, -0.25) is 0 Å². The molecule has 0 bridgehead atoms. The van der Waals surface area contributed by atoms with Gasteiger partial charge in [0.2, 0.25) is 0 Å².